The maximum Gasteiger partial charge on any atom is 0.338 e. The van der Waals surface area contributed by atoms with Crippen molar-refractivity contribution < 1.29 is 14.3 Å². The number of ether oxygens (including phenoxy) is 2. The number of aromatic nitrogens is 3. The maximum atomic E-state index is 13.3. The van der Waals surface area contributed by atoms with Gasteiger partial charge in [-0.25, -0.2) is 9.48 Å². The van der Waals surface area contributed by atoms with Gasteiger partial charge in [-0.3, -0.25) is 0 Å². The molecule has 0 amide bonds. The van der Waals surface area contributed by atoms with Gasteiger partial charge in [0, 0.05) is 27.1 Å². The van der Waals surface area contributed by atoms with Gasteiger partial charge in [-0.05, 0) is 42.3 Å². The highest BCUT2D eigenvalue weighted by atomic mass is 35.5. The highest BCUT2D eigenvalue weighted by Crippen LogP contribution is 2.38. The lowest BCUT2D eigenvalue weighted by Gasteiger charge is -2.28. The summed E-state index contributed by atoms with van der Waals surface area (Å²) in [5.41, 5.74) is 3.70. The average molecular weight is 594 g/mol. The lowest BCUT2D eigenvalue weighted by molar-refractivity contribution is -0.138. The van der Waals surface area contributed by atoms with Gasteiger partial charge in [-0.2, -0.15) is 4.98 Å². The number of benzene rings is 3. The number of nitrogens with zero attached hydrogens (tertiary/aromatic N) is 3. The maximum absolute atomic E-state index is 13.3. The van der Waals surface area contributed by atoms with E-state index in [0.717, 1.165) is 16.7 Å². The molecule has 0 saturated carbocycles. The van der Waals surface area contributed by atoms with Crippen LogP contribution in [0.4, 0.5) is 5.95 Å². The summed E-state index contributed by atoms with van der Waals surface area (Å²) in [5.74, 6) is 1.28. The van der Waals surface area contributed by atoms with Gasteiger partial charge in [0.2, 0.25) is 11.1 Å². The van der Waals surface area contributed by atoms with Crippen molar-refractivity contribution in [1.29, 1.82) is 0 Å². The Labute approximate surface area is 246 Å². The largest absolute Gasteiger partial charge is 0.489 e. The summed E-state index contributed by atoms with van der Waals surface area (Å²) in [6, 6.07) is 22.2. The molecular weight excluding hydrogens is 567 g/mol. The predicted molar refractivity (Wildman–Crippen MR) is 159 cm³/mol. The van der Waals surface area contributed by atoms with E-state index in [4.69, 9.17) is 42.8 Å². The van der Waals surface area contributed by atoms with E-state index in [1.54, 1.807) is 4.68 Å². The van der Waals surface area contributed by atoms with E-state index in [2.05, 4.69) is 11.9 Å². The molecule has 1 atom stereocenters. The van der Waals surface area contributed by atoms with Gasteiger partial charge < -0.3 is 14.8 Å². The number of hydrogen-bond acceptors (Lipinski definition) is 7. The zero-order chi connectivity index (χ0) is 28.1. The Kier molecular flexibility index (Phi) is 8.79. The van der Waals surface area contributed by atoms with Crippen molar-refractivity contribution in [2.75, 3.05) is 11.9 Å². The van der Waals surface area contributed by atoms with Gasteiger partial charge in [0.25, 0.3) is 0 Å². The van der Waals surface area contributed by atoms with Crippen molar-refractivity contribution in [2.45, 2.75) is 30.5 Å². The molecule has 1 unspecified atom stereocenters. The second kappa shape index (κ2) is 12.6. The quantitative estimate of drug-likeness (QED) is 0.116. The number of anilines is 1. The Bertz CT molecular complexity index is 1590. The van der Waals surface area contributed by atoms with Crippen molar-refractivity contribution >= 4 is 46.9 Å². The van der Waals surface area contributed by atoms with Crippen LogP contribution in [-0.2, 0) is 21.9 Å². The lowest BCUT2D eigenvalue weighted by atomic mass is 9.95. The van der Waals surface area contributed by atoms with Crippen LogP contribution >= 0.6 is 35.0 Å². The van der Waals surface area contributed by atoms with Gasteiger partial charge in [0.05, 0.1) is 5.57 Å². The third kappa shape index (κ3) is 6.20. The number of fused-ring (bicyclic) bond motifs is 1. The summed E-state index contributed by atoms with van der Waals surface area (Å²) in [6.07, 6.45) is 1.53. The molecule has 0 radical (unpaired) electrons. The third-order valence-corrected chi connectivity index (χ3v) is 7.85. The smallest absolute Gasteiger partial charge is 0.338 e. The van der Waals surface area contributed by atoms with Gasteiger partial charge in [-0.1, -0.05) is 96.1 Å². The Hall–Kier alpha value is -3.72. The molecule has 0 aliphatic carbocycles. The van der Waals surface area contributed by atoms with E-state index in [9.17, 15) is 4.79 Å². The highest BCUT2D eigenvalue weighted by molar-refractivity contribution is 7.98. The van der Waals surface area contributed by atoms with Gasteiger partial charge in [0.1, 0.15) is 25.0 Å². The highest BCUT2D eigenvalue weighted by Gasteiger charge is 2.35. The Balaban J connectivity index is 1.47. The summed E-state index contributed by atoms with van der Waals surface area (Å²) in [5, 5.41) is 9.87. The molecule has 1 aliphatic rings. The van der Waals surface area contributed by atoms with Gasteiger partial charge in [0.15, 0.2) is 0 Å². The summed E-state index contributed by atoms with van der Waals surface area (Å²) in [6.45, 7) is 5.87. The lowest BCUT2D eigenvalue weighted by Crippen LogP contribution is -2.29. The van der Waals surface area contributed by atoms with Crippen LogP contribution in [0.1, 0.15) is 29.7 Å². The fourth-order valence-corrected chi connectivity index (χ4v) is 5.59. The van der Waals surface area contributed by atoms with Crippen molar-refractivity contribution in [3.05, 3.63) is 123 Å². The molecular formula is C30H26Cl2N4O3S. The van der Waals surface area contributed by atoms with Crippen molar-refractivity contribution in [3.63, 3.8) is 0 Å². The molecule has 3 aromatic carbocycles. The molecule has 1 aromatic heterocycles. The first-order chi connectivity index (χ1) is 19.4. The summed E-state index contributed by atoms with van der Waals surface area (Å²) in [7, 11) is 0. The standard InChI is InChI=1S/C30H26Cl2N4O3S/c1-3-15-38-28(37)26-19(2)33-29-34-30(40-18-22-10-5-7-14-25(22)32)35-36(29)27(26)20-11-8-12-23(16-20)39-17-21-9-4-6-13-24(21)31/h3-14,16,27H,1,15,17-18H2,2H3,(H,33,34,35). The Morgan fingerprint density at radius 3 is 2.52 bits per heavy atom. The second-order valence-corrected chi connectivity index (χ2v) is 10.7. The average Bonchev–Trinajstić information content (AvgIpc) is 3.36. The number of esters is 1. The fraction of sp³-hybridized carbons (Fsp3) is 0.167. The Morgan fingerprint density at radius 1 is 1.07 bits per heavy atom. The minimum absolute atomic E-state index is 0.0898. The minimum Gasteiger partial charge on any atom is -0.489 e. The van der Waals surface area contributed by atoms with Crippen LogP contribution in [0.15, 0.2) is 102 Å². The second-order valence-electron chi connectivity index (χ2n) is 8.95. The first-order valence-corrected chi connectivity index (χ1v) is 14.2. The van der Waals surface area contributed by atoms with Crippen LogP contribution in [-0.4, -0.2) is 27.3 Å². The number of carbonyl (C=O) groups excluding carboxylic acids is 1. The van der Waals surface area contributed by atoms with E-state index in [1.165, 1.54) is 17.8 Å². The fourth-order valence-electron chi connectivity index (χ4n) is 4.29. The van der Waals surface area contributed by atoms with Crippen molar-refractivity contribution in [3.8, 4) is 5.75 Å². The molecule has 0 saturated heterocycles. The number of hydrogen-bond donors (Lipinski definition) is 1. The molecule has 2 heterocycles. The predicted octanol–water partition coefficient (Wildman–Crippen LogP) is 7.47. The van der Waals surface area contributed by atoms with E-state index in [1.807, 2.05) is 79.7 Å². The van der Waals surface area contributed by atoms with Crippen LogP contribution in [0.25, 0.3) is 0 Å². The monoisotopic (exact) mass is 592 g/mol. The molecule has 10 heteroatoms. The first kappa shape index (κ1) is 27.8. The SMILES string of the molecule is C=CCOC(=O)C1=C(C)Nc2nc(SCc3ccccc3Cl)nn2C1c1cccc(OCc2ccccc2Cl)c1. The third-order valence-electron chi connectivity index (χ3n) is 6.23. The molecule has 0 bridgehead atoms. The van der Waals surface area contributed by atoms with Crippen molar-refractivity contribution in [1.82, 2.24) is 14.8 Å². The summed E-state index contributed by atoms with van der Waals surface area (Å²) >= 11 is 14.1. The van der Waals surface area contributed by atoms with E-state index >= 15 is 0 Å². The first-order valence-electron chi connectivity index (χ1n) is 12.5. The molecule has 204 valence electrons. The number of thioether (sulfide) groups is 1. The van der Waals surface area contributed by atoms with E-state index in [-0.39, 0.29) is 6.61 Å². The normalized spacial score (nSPS) is 14.3. The molecule has 0 spiro atoms. The van der Waals surface area contributed by atoms with Crippen LogP contribution in [0, 0.1) is 0 Å². The van der Waals surface area contributed by atoms with Gasteiger partial charge in [-0.15, -0.1) is 5.10 Å². The summed E-state index contributed by atoms with van der Waals surface area (Å²) < 4.78 is 13.2. The van der Waals surface area contributed by atoms with E-state index in [0.29, 0.717) is 50.5 Å². The number of halogens is 2. The molecule has 1 N–H and O–H groups in total. The zero-order valence-electron chi connectivity index (χ0n) is 21.6. The van der Waals surface area contributed by atoms with Crippen LogP contribution in [0.5, 0.6) is 5.75 Å². The number of allylic oxidation sites excluding steroid dienone is 1. The molecule has 7 nitrogen and oxygen atoms in total. The minimum atomic E-state index is -0.598. The molecule has 5 rings (SSSR count). The van der Waals surface area contributed by atoms with Crippen LogP contribution in [0.2, 0.25) is 10.0 Å². The zero-order valence-corrected chi connectivity index (χ0v) is 24.0. The van der Waals surface area contributed by atoms with Crippen molar-refractivity contribution in [2.24, 2.45) is 0 Å². The molecule has 1 aliphatic heterocycles. The molecule has 4 aromatic rings. The number of nitrogens with one attached hydrogen (secondary N) is 1. The van der Waals surface area contributed by atoms with Crippen LogP contribution < -0.4 is 10.1 Å². The number of rotatable bonds is 10. The molecule has 0 fully saturated rings. The number of carbonyl (C=O) groups is 1. The Morgan fingerprint density at radius 2 is 1.80 bits per heavy atom. The topological polar surface area (TPSA) is 78.3 Å². The van der Waals surface area contributed by atoms with Gasteiger partial charge >= 0.3 is 5.97 Å². The molecule has 40 heavy (non-hydrogen) atoms. The summed E-state index contributed by atoms with van der Waals surface area (Å²) in [4.78, 5) is 18.0. The van der Waals surface area contributed by atoms with E-state index < -0.39 is 12.0 Å². The van der Waals surface area contributed by atoms with Crippen LogP contribution in [0.3, 0.4) is 0 Å².